The summed E-state index contributed by atoms with van der Waals surface area (Å²) in [5, 5.41) is 13.8. The smallest absolute Gasteiger partial charge is 0.134 e. The van der Waals surface area contributed by atoms with E-state index in [9.17, 15) is 0 Å². The van der Waals surface area contributed by atoms with E-state index in [-0.39, 0.29) is 6.04 Å². The van der Waals surface area contributed by atoms with Crippen LogP contribution >= 0.6 is 0 Å². The summed E-state index contributed by atoms with van der Waals surface area (Å²) in [6.45, 7) is 0. The number of hydrogen-bond acceptors (Lipinski definition) is 2. The van der Waals surface area contributed by atoms with Gasteiger partial charge in [0.05, 0.1) is 33.8 Å². The van der Waals surface area contributed by atoms with Crippen molar-refractivity contribution in [3.63, 3.8) is 0 Å². The Morgan fingerprint density at radius 1 is 0.375 bits per heavy atom. The van der Waals surface area contributed by atoms with Gasteiger partial charge in [0.15, 0.2) is 0 Å². The lowest BCUT2D eigenvalue weighted by atomic mass is 9.92. The molecule has 0 bridgehead atoms. The molecule has 64 heavy (non-hydrogen) atoms. The van der Waals surface area contributed by atoms with Crippen LogP contribution in [0.2, 0.25) is 0 Å². The Morgan fingerprint density at radius 2 is 0.859 bits per heavy atom. The van der Waals surface area contributed by atoms with Crippen molar-refractivity contribution in [3.8, 4) is 22.5 Å². The second-order valence-corrected chi connectivity index (χ2v) is 16.8. The molecule has 0 amide bonds. The van der Waals surface area contributed by atoms with E-state index < -0.39 is 0 Å². The average Bonchev–Trinajstić information content (AvgIpc) is 3.90. The molecule has 0 spiro atoms. The summed E-state index contributed by atoms with van der Waals surface area (Å²) in [6, 6.07) is 81.1. The third kappa shape index (κ3) is 5.73. The van der Waals surface area contributed by atoms with E-state index in [0.29, 0.717) is 0 Å². The van der Waals surface area contributed by atoms with Crippen molar-refractivity contribution in [3.05, 3.63) is 247 Å². The molecule has 1 aliphatic rings. The summed E-state index contributed by atoms with van der Waals surface area (Å²) < 4.78 is 4.91. The first-order valence-electron chi connectivity index (χ1n) is 22.0. The molecule has 4 nitrogen and oxygen atoms in total. The second-order valence-electron chi connectivity index (χ2n) is 16.8. The van der Waals surface area contributed by atoms with Gasteiger partial charge < -0.3 is 14.5 Å². The topological polar surface area (TPSA) is 34.2 Å². The van der Waals surface area contributed by atoms with Crippen molar-refractivity contribution >= 4 is 76.7 Å². The number of aromatic nitrogens is 2. The molecule has 4 heteroatoms. The van der Waals surface area contributed by atoms with Crippen LogP contribution in [-0.2, 0) is 0 Å². The lowest BCUT2D eigenvalue weighted by Gasteiger charge is -2.26. The standard InChI is InChI=1S/C60H40N4/c1-3-17-39(18-4-1)46-23-11-12-26-49(46)53-38-52(61-60(62-53)42-21-5-2-6-22-42)43-35-44(63-54-29-15-13-27-50(54)58-47-24-9-7-19-40(47)31-33-56(58)63)37-45(36-43)64-55-30-16-14-28-51(55)59-48-25-10-8-20-41(48)32-34-57(59)64/h1-38,53H,(H,61,62). The molecule has 10 aromatic carbocycles. The Hall–Kier alpha value is -8.47. The Labute approximate surface area is 370 Å². The average molecular weight is 817 g/mol. The van der Waals surface area contributed by atoms with Crippen molar-refractivity contribution in [2.75, 3.05) is 0 Å². The molecule has 0 radical (unpaired) electrons. The van der Waals surface area contributed by atoms with E-state index in [1.807, 2.05) is 0 Å². The van der Waals surface area contributed by atoms with Gasteiger partial charge in [-0.1, -0.05) is 182 Å². The number of para-hydroxylation sites is 2. The van der Waals surface area contributed by atoms with Crippen LogP contribution in [0.1, 0.15) is 22.7 Å². The lowest BCUT2D eigenvalue weighted by Crippen LogP contribution is -2.31. The molecule has 12 aromatic rings. The van der Waals surface area contributed by atoms with Crippen molar-refractivity contribution in [2.45, 2.75) is 6.04 Å². The summed E-state index contributed by atoms with van der Waals surface area (Å²) in [4.78, 5) is 5.52. The zero-order valence-corrected chi connectivity index (χ0v) is 34.9. The molecule has 1 aliphatic heterocycles. The predicted molar refractivity (Wildman–Crippen MR) is 269 cm³/mol. The molecular weight excluding hydrogens is 777 g/mol. The molecular formula is C60H40N4. The van der Waals surface area contributed by atoms with Crippen LogP contribution in [-0.4, -0.2) is 15.0 Å². The summed E-state index contributed by atoms with van der Waals surface area (Å²) in [7, 11) is 0. The molecule has 0 fully saturated rings. The van der Waals surface area contributed by atoms with Crippen LogP contribution in [0.25, 0.3) is 93.4 Å². The zero-order valence-electron chi connectivity index (χ0n) is 34.9. The number of rotatable bonds is 6. The summed E-state index contributed by atoms with van der Waals surface area (Å²) in [5.74, 6) is 0.838. The molecule has 1 N–H and O–H groups in total. The maximum Gasteiger partial charge on any atom is 0.134 e. The monoisotopic (exact) mass is 816 g/mol. The number of nitrogens with zero attached hydrogens (tertiary/aromatic N) is 3. The maximum absolute atomic E-state index is 5.52. The van der Waals surface area contributed by atoms with Gasteiger partial charge in [-0.25, -0.2) is 4.99 Å². The zero-order chi connectivity index (χ0) is 42.1. The van der Waals surface area contributed by atoms with Crippen molar-refractivity contribution in [1.82, 2.24) is 14.5 Å². The van der Waals surface area contributed by atoms with E-state index in [1.54, 1.807) is 0 Å². The van der Waals surface area contributed by atoms with E-state index >= 15 is 0 Å². The lowest BCUT2D eigenvalue weighted by molar-refractivity contribution is 0.782. The molecule has 2 aromatic heterocycles. The molecule has 3 heterocycles. The maximum atomic E-state index is 5.52. The van der Waals surface area contributed by atoms with E-state index in [0.717, 1.165) is 45.1 Å². The van der Waals surface area contributed by atoms with Crippen molar-refractivity contribution in [2.24, 2.45) is 4.99 Å². The van der Waals surface area contributed by atoms with Gasteiger partial charge >= 0.3 is 0 Å². The van der Waals surface area contributed by atoms with Gasteiger partial charge in [-0.05, 0) is 86.8 Å². The summed E-state index contributed by atoms with van der Waals surface area (Å²) in [5.41, 5.74) is 13.3. The first-order valence-corrected chi connectivity index (χ1v) is 22.0. The van der Waals surface area contributed by atoms with Gasteiger partial charge in [0.25, 0.3) is 0 Å². The molecule has 1 unspecified atom stereocenters. The van der Waals surface area contributed by atoms with Crippen molar-refractivity contribution < 1.29 is 0 Å². The largest absolute Gasteiger partial charge is 0.359 e. The highest BCUT2D eigenvalue weighted by Crippen LogP contribution is 2.42. The molecule has 13 rings (SSSR count). The number of benzene rings is 10. The van der Waals surface area contributed by atoms with E-state index in [4.69, 9.17) is 4.99 Å². The van der Waals surface area contributed by atoms with Crippen LogP contribution in [0.4, 0.5) is 0 Å². The molecule has 1 atom stereocenters. The Kier molecular flexibility index (Phi) is 8.25. The fourth-order valence-corrected chi connectivity index (χ4v) is 10.3. The highest BCUT2D eigenvalue weighted by Gasteiger charge is 2.25. The van der Waals surface area contributed by atoms with E-state index in [1.165, 1.54) is 70.8 Å². The fourth-order valence-electron chi connectivity index (χ4n) is 10.3. The minimum absolute atomic E-state index is 0.162. The minimum atomic E-state index is -0.162. The molecule has 0 saturated heterocycles. The van der Waals surface area contributed by atoms with Gasteiger partial charge in [0.1, 0.15) is 5.84 Å². The third-order valence-corrected chi connectivity index (χ3v) is 13.1. The van der Waals surface area contributed by atoms with Crippen LogP contribution < -0.4 is 5.32 Å². The van der Waals surface area contributed by atoms with Gasteiger partial charge in [-0.2, -0.15) is 0 Å². The van der Waals surface area contributed by atoms with Crippen LogP contribution in [0.3, 0.4) is 0 Å². The van der Waals surface area contributed by atoms with Gasteiger partial charge in [0.2, 0.25) is 0 Å². The Morgan fingerprint density at radius 3 is 1.45 bits per heavy atom. The first-order chi connectivity index (χ1) is 31.7. The van der Waals surface area contributed by atoms with Crippen LogP contribution in [0, 0.1) is 0 Å². The highest BCUT2D eigenvalue weighted by atomic mass is 15.1. The summed E-state index contributed by atoms with van der Waals surface area (Å²) in [6.07, 6.45) is 2.32. The highest BCUT2D eigenvalue weighted by molar-refractivity contribution is 6.22. The quantitative estimate of drug-likeness (QED) is 0.178. The van der Waals surface area contributed by atoms with Crippen molar-refractivity contribution in [1.29, 1.82) is 0 Å². The molecule has 0 saturated carbocycles. The number of aliphatic imine (C=N–C) groups is 1. The van der Waals surface area contributed by atoms with E-state index in [2.05, 4.69) is 245 Å². The van der Waals surface area contributed by atoms with Crippen LogP contribution in [0.15, 0.2) is 236 Å². The Balaban J connectivity index is 1.12. The fraction of sp³-hybridized carbons (Fsp3) is 0.0167. The summed E-state index contributed by atoms with van der Waals surface area (Å²) >= 11 is 0. The Bertz CT molecular complexity index is 3700. The normalized spacial score (nSPS) is 14.1. The van der Waals surface area contributed by atoms with Gasteiger partial charge in [-0.3, -0.25) is 0 Å². The molecule has 0 aliphatic carbocycles. The van der Waals surface area contributed by atoms with Gasteiger partial charge in [-0.15, -0.1) is 0 Å². The number of nitrogens with one attached hydrogen (secondary N) is 1. The SMILES string of the molecule is C1=C(c2cc(-n3c4ccccc4c4c5ccccc5ccc43)cc(-n3c4ccccc4c4c5ccccc5ccc43)c2)N=C(c2ccccc2)NC1c1ccccc1-c1ccccc1. The van der Waals surface area contributed by atoms with Crippen LogP contribution in [0.5, 0.6) is 0 Å². The molecule has 300 valence electrons. The van der Waals surface area contributed by atoms with Gasteiger partial charge in [0, 0.05) is 44.0 Å². The second kappa shape index (κ2) is 14.6. The predicted octanol–water partition coefficient (Wildman–Crippen LogP) is 15.0. The number of hydrogen-bond donors (Lipinski definition) is 1. The minimum Gasteiger partial charge on any atom is -0.359 e. The number of fused-ring (bicyclic) bond motifs is 10. The first kappa shape index (κ1) is 36.2. The number of amidine groups is 1. The third-order valence-electron chi connectivity index (χ3n) is 13.1.